The molecule has 1 heterocycles. The third kappa shape index (κ3) is 6.55. The number of likely N-dealkylation sites (tertiary alicyclic amines) is 1. The van der Waals surface area contributed by atoms with Crippen LogP contribution in [0.15, 0.2) is 60.7 Å². The topological polar surface area (TPSA) is 26.8 Å². The van der Waals surface area contributed by atoms with E-state index in [0.29, 0.717) is 20.1 Å². The molecule has 1 unspecified atom stereocenters. The standard InChI is InChI=1S/C28H29Cl4N3O/c1-33(2)18-28(36)35(22-10-12-24(30)26(32)16-22)27(17-34-13-3-4-14-34)20-7-5-19(6-8-20)21-9-11-23(29)25(31)15-21/h5-12,15-16,27H,3-4,13-14,17-18H2,1-2H3. The lowest BCUT2D eigenvalue weighted by atomic mass is 9.98. The van der Waals surface area contributed by atoms with Crippen LogP contribution in [0.2, 0.25) is 20.1 Å². The van der Waals surface area contributed by atoms with Gasteiger partial charge in [-0.1, -0.05) is 76.7 Å². The van der Waals surface area contributed by atoms with Crippen LogP contribution >= 0.6 is 46.4 Å². The lowest BCUT2D eigenvalue weighted by Crippen LogP contribution is -2.44. The number of halogens is 4. The summed E-state index contributed by atoms with van der Waals surface area (Å²) < 4.78 is 0. The second-order valence-corrected chi connectivity index (χ2v) is 11.0. The normalized spacial score (nSPS) is 14.9. The first kappa shape index (κ1) is 27.3. The van der Waals surface area contributed by atoms with E-state index in [1.165, 1.54) is 12.8 Å². The molecule has 1 aliphatic rings. The first-order chi connectivity index (χ1) is 17.2. The molecule has 0 spiro atoms. The smallest absolute Gasteiger partial charge is 0.241 e. The summed E-state index contributed by atoms with van der Waals surface area (Å²) in [6.07, 6.45) is 2.34. The van der Waals surface area contributed by atoms with E-state index >= 15 is 0 Å². The fraction of sp³-hybridized carbons (Fsp3) is 0.321. The van der Waals surface area contributed by atoms with Gasteiger partial charge in [0.1, 0.15) is 0 Å². The van der Waals surface area contributed by atoms with Crippen LogP contribution in [0.3, 0.4) is 0 Å². The maximum atomic E-state index is 13.7. The Bertz CT molecular complexity index is 1210. The molecule has 8 heteroatoms. The number of carbonyl (C=O) groups is 1. The van der Waals surface area contributed by atoms with Crippen molar-refractivity contribution in [3.63, 3.8) is 0 Å². The second kappa shape index (κ2) is 12.2. The van der Waals surface area contributed by atoms with E-state index in [2.05, 4.69) is 29.2 Å². The second-order valence-electron chi connectivity index (χ2n) is 9.37. The molecule has 3 aromatic rings. The van der Waals surface area contributed by atoms with Crippen molar-refractivity contribution in [2.45, 2.75) is 18.9 Å². The molecule has 0 bridgehead atoms. The molecule has 0 N–H and O–H groups in total. The summed E-state index contributed by atoms with van der Waals surface area (Å²) in [5.41, 5.74) is 3.79. The predicted molar refractivity (Wildman–Crippen MR) is 153 cm³/mol. The minimum absolute atomic E-state index is 0.00357. The minimum Gasteiger partial charge on any atom is -0.302 e. The molecule has 3 aromatic carbocycles. The number of carbonyl (C=O) groups excluding carboxylic acids is 1. The number of nitrogens with zero attached hydrogens (tertiary/aromatic N) is 3. The van der Waals surface area contributed by atoms with Crippen molar-refractivity contribution in [2.75, 3.05) is 45.2 Å². The highest BCUT2D eigenvalue weighted by atomic mass is 35.5. The Morgan fingerprint density at radius 1 is 0.806 bits per heavy atom. The van der Waals surface area contributed by atoms with Crippen molar-refractivity contribution in [1.29, 1.82) is 0 Å². The molecule has 1 fully saturated rings. The van der Waals surface area contributed by atoms with Gasteiger partial charge in [-0.2, -0.15) is 0 Å². The van der Waals surface area contributed by atoms with E-state index in [1.807, 2.05) is 42.1 Å². The lowest BCUT2D eigenvalue weighted by molar-refractivity contribution is -0.119. The van der Waals surface area contributed by atoms with E-state index < -0.39 is 0 Å². The maximum absolute atomic E-state index is 13.7. The van der Waals surface area contributed by atoms with Gasteiger partial charge < -0.3 is 14.7 Å². The van der Waals surface area contributed by atoms with Crippen LogP contribution in [0.1, 0.15) is 24.4 Å². The average molecular weight is 565 g/mol. The van der Waals surface area contributed by atoms with Gasteiger partial charge >= 0.3 is 0 Å². The molecule has 0 aliphatic carbocycles. The fourth-order valence-electron chi connectivity index (χ4n) is 4.60. The van der Waals surface area contributed by atoms with Gasteiger partial charge in [0.15, 0.2) is 0 Å². The molecule has 36 heavy (non-hydrogen) atoms. The molecule has 1 saturated heterocycles. The van der Waals surface area contributed by atoms with Gasteiger partial charge in [-0.05, 0) is 87.0 Å². The predicted octanol–water partition coefficient (Wildman–Crippen LogP) is 7.70. The highest BCUT2D eigenvalue weighted by Gasteiger charge is 2.30. The van der Waals surface area contributed by atoms with Crippen LogP contribution in [0.4, 0.5) is 5.69 Å². The molecule has 4 rings (SSSR count). The molecular weight excluding hydrogens is 536 g/mol. The average Bonchev–Trinajstić information content (AvgIpc) is 3.36. The number of amides is 1. The highest BCUT2D eigenvalue weighted by molar-refractivity contribution is 6.42. The Kier molecular flexibility index (Phi) is 9.21. The summed E-state index contributed by atoms with van der Waals surface area (Å²) in [4.78, 5) is 19.8. The third-order valence-electron chi connectivity index (χ3n) is 6.39. The van der Waals surface area contributed by atoms with Crippen molar-refractivity contribution in [2.24, 2.45) is 0 Å². The van der Waals surface area contributed by atoms with Gasteiger partial charge in [-0.15, -0.1) is 0 Å². The number of hydrogen-bond donors (Lipinski definition) is 0. The van der Waals surface area contributed by atoms with Crippen LogP contribution < -0.4 is 4.90 Å². The Labute approximate surface area is 233 Å². The van der Waals surface area contributed by atoms with Gasteiger partial charge in [0.05, 0.1) is 32.7 Å². The molecule has 1 atom stereocenters. The van der Waals surface area contributed by atoms with E-state index in [-0.39, 0.29) is 18.5 Å². The van der Waals surface area contributed by atoms with E-state index in [1.54, 1.807) is 18.2 Å². The zero-order valence-corrected chi connectivity index (χ0v) is 23.4. The van der Waals surface area contributed by atoms with Gasteiger partial charge in [-0.3, -0.25) is 4.79 Å². The number of anilines is 1. The van der Waals surface area contributed by atoms with Crippen molar-refractivity contribution >= 4 is 58.0 Å². The molecular formula is C28H29Cl4N3O. The zero-order chi connectivity index (χ0) is 25.8. The SMILES string of the molecule is CN(C)CC(=O)N(c1ccc(Cl)c(Cl)c1)C(CN1CCCC1)c1ccc(-c2ccc(Cl)c(Cl)c2)cc1. The summed E-state index contributed by atoms with van der Waals surface area (Å²) in [5.74, 6) is -0.00357. The quantitative estimate of drug-likeness (QED) is 0.280. The number of hydrogen-bond acceptors (Lipinski definition) is 3. The van der Waals surface area contributed by atoms with Gasteiger partial charge in [0.25, 0.3) is 0 Å². The molecule has 1 aliphatic heterocycles. The van der Waals surface area contributed by atoms with Gasteiger partial charge in [-0.25, -0.2) is 0 Å². The number of rotatable bonds is 8. The zero-order valence-electron chi connectivity index (χ0n) is 20.4. The minimum atomic E-state index is -0.198. The maximum Gasteiger partial charge on any atom is 0.241 e. The summed E-state index contributed by atoms with van der Waals surface area (Å²) in [6.45, 7) is 3.05. The van der Waals surface area contributed by atoms with Crippen LogP contribution in [0.25, 0.3) is 11.1 Å². The van der Waals surface area contributed by atoms with Crippen LogP contribution in [0.5, 0.6) is 0 Å². The van der Waals surface area contributed by atoms with E-state index in [9.17, 15) is 4.79 Å². The van der Waals surface area contributed by atoms with E-state index in [4.69, 9.17) is 46.4 Å². The lowest BCUT2D eigenvalue weighted by Gasteiger charge is -2.36. The molecule has 1 amide bonds. The number of likely N-dealkylation sites (N-methyl/N-ethyl adjacent to an activating group) is 1. The Balaban J connectivity index is 1.75. The van der Waals surface area contributed by atoms with Crippen molar-refractivity contribution in [3.05, 3.63) is 86.3 Å². The van der Waals surface area contributed by atoms with Crippen molar-refractivity contribution in [3.8, 4) is 11.1 Å². The Morgan fingerprint density at radius 2 is 1.39 bits per heavy atom. The van der Waals surface area contributed by atoms with Crippen LogP contribution in [-0.4, -0.2) is 56.0 Å². The molecule has 0 aromatic heterocycles. The fourth-order valence-corrected chi connectivity index (χ4v) is 5.19. The van der Waals surface area contributed by atoms with Gasteiger partial charge in [0.2, 0.25) is 5.91 Å². The van der Waals surface area contributed by atoms with Crippen LogP contribution in [-0.2, 0) is 4.79 Å². The molecule has 0 saturated carbocycles. The Hall–Kier alpha value is -1.79. The summed E-state index contributed by atoms with van der Waals surface area (Å²) in [5, 5.41) is 1.93. The largest absolute Gasteiger partial charge is 0.302 e. The third-order valence-corrected chi connectivity index (χ3v) is 7.87. The summed E-state index contributed by atoms with van der Waals surface area (Å²) in [6, 6.07) is 19.1. The number of benzene rings is 3. The molecule has 190 valence electrons. The summed E-state index contributed by atoms with van der Waals surface area (Å²) in [7, 11) is 3.79. The van der Waals surface area contributed by atoms with E-state index in [0.717, 1.165) is 42.0 Å². The summed E-state index contributed by atoms with van der Waals surface area (Å²) >= 11 is 24.9. The molecule has 0 radical (unpaired) electrons. The van der Waals surface area contributed by atoms with Gasteiger partial charge in [0, 0.05) is 12.2 Å². The highest BCUT2D eigenvalue weighted by Crippen LogP contribution is 2.35. The first-order valence-electron chi connectivity index (χ1n) is 11.9. The Morgan fingerprint density at radius 3 is 1.97 bits per heavy atom. The monoisotopic (exact) mass is 563 g/mol. The van der Waals surface area contributed by atoms with Crippen molar-refractivity contribution < 1.29 is 4.79 Å². The first-order valence-corrected chi connectivity index (χ1v) is 13.4. The van der Waals surface area contributed by atoms with Crippen LogP contribution in [0, 0.1) is 0 Å². The molecule has 4 nitrogen and oxygen atoms in total. The van der Waals surface area contributed by atoms with Crippen molar-refractivity contribution in [1.82, 2.24) is 9.80 Å².